The molecule has 0 saturated heterocycles. The molecule has 3 rings (SSSR count). The van der Waals surface area contributed by atoms with Crippen molar-refractivity contribution in [2.24, 2.45) is 0 Å². The fourth-order valence-electron chi connectivity index (χ4n) is 2.43. The number of nitro groups is 1. The predicted octanol–water partition coefficient (Wildman–Crippen LogP) is 1.98. The molecule has 2 heterocycles. The van der Waals surface area contributed by atoms with Crippen LogP contribution in [0.15, 0.2) is 48.7 Å². The van der Waals surface area contributed by atoms with Crippen molar-refractivity contribution in [2.45, 2.75) is 6.92 Å². The Morgan fingerprint density at radius 2 is 1.92 bits per heavy atom. The number of carboxylic acid groups (broad SMARTS) is 1. The van der Waals surface area contributed by atoms with Crippen LogP contribution in [-0.4, -0.2) is 20.3 Å². The monoisotopic (exact) mass is 322 g/mol. The predicted molar refractivity (Wildman–Crippen MR) is 86.1 cm³/mol. The minimum atomic E-state index is -1.31. The van der Waals surface area contributed by atoms with Crippen LogP contribution in [0.25, 0.3) is 23.0 Å². The summed E-state index contributed by atoms with van der Waals surface area (Å²) in [7, 11) is 0. The van der Waals surface area contributed by atoms with E-state index in [0.717, 1.165) is 11.6 Å². The van der Waals surface area contributed by atoms with Crippen LogP contribution in [0.1, 0.15) is 11.3 Å². The largest absolute Gasteiger partial charge is 0.545 e. The van der Waals surface area contributed by atoms with Crippen molar-refractivity contribution < 1.29 is 14.8 Å². The molecule has 0 aliphatic heterocycles. The number of hydrogen-bond donors (Lipinski definition) is 0. The van der Waals surface area contributed by atoms with Crippen LogP contribution in [-0.2, 0) is 4.79 Å². The Morgan fingerprint density at radius 3 is 2.54 bits per heavy atom. The molecule has 2 aromatic heterocycles. The molecular formula is C17H12N3O4-. The molecule has 0 fully saturated rings. The highest BCUT2D eigenvalue weighted by molar-refractivity contribution is 5.86. The summed E-state index contributed by atoms with van der Waals surface area (Å²) in [6.45, 7) is 1.91. The lowest BCUT2D eigenvalue weighted by molar-refractivity contribution is -0.384. The van der Waals surface area contributed by atoms with E-state index in [-0.39, 0.29) is 5.69 Å². The number of hydrogen-bond acceptors (Lipinski definition) is 5. The van der Waals surface area contributed by atoms with Crippen LogP contribution >= 0.6 is 0 Å². The third-order valence-electron chi connectivity index (χ3n) is 3.53. The molecule has 0 saturated carbocycles. The van der Waals surface area contributed by atoms with E-state index in [1.165, 1.54) is 18.2 Å². The Morgan fingerprint density at radius 1 is 1.21 bits per heavy atom. The van der Waals surface area contributed by atoms with Gasteiger partial charge in [-0.2, -0.15) is 0 Å². The minimum absolute atomic E-state index is 0.0230. The Balaban J connectivity index is 2.20. The second-order valence-corrected chi connectivity index (χ2v) is 5.24. The second-order valence-electron chi connectivity index (χ2n) is 5.24. The van der Waals surface area contributed by atoms with E-state index in [1.807, 2.05) is 25.3 Å². The molecule has 3 aromatic rings. The zero-order valence-corrected chi connectivity index (χ0v) is 12.7. The number of aliphatic carboxylic acids is 1. The van der Waals surface area contributed by atoms with Crippen LogP contribution in [0.3, 0.4) is 0 Å². The molecule has 0 amide bonds. The van der Waals surface area contributed by atoms with E-state index < -0.39 is 10.9 Å². The van der Waals surface area contributed by atoms with E-state index >= 15 is 0 Å². The lowest BCUT2D eigenvalue weighted by Gasteiger charge is -2.02. The van der Waals surface area contributed by atoms with Crippen molar-refractivity contribution in [3.8, 4) is 11.3 Å². The van der Waals surface area contributed by atoms with Gasteiger partial charge in [0, 0.05) is 23.9 Å². The molecule has 7 nitrogen and oxygen atoms in total. The average Bonchev–Trinajstić information content (AvgIpc) is 2.90. The summed E-state index contributed by atoms with van der Waals surface area (Å²) < 4.78 is 1.77. The summed E-state index contributed by atoms with van der Waals surface area (Å²) in [5, 5.41) is 21.5. The van der Waals surface area contributed by atoms with Crippen molar-refractivity contribution in [3.63, 3.8) is 0 Å². The number of rotatable bonds is 4. The van der Waals surface area contributed by atoms with Crippen LogP contribution in [0, 0.1) is 17.0 Å². The van der Waals surface area contributed by atoms with Crippen molar-refractivity contribution in [3.05, 3.63) is 70.0 Å². The molecule has 0 bridgehead atoms. The third-order valence-corrected chi connectivity index (χ3v) is 3.53. The van der Waals surface area contributed by atoms with E-state index in [1.54, 1.807) is 16.5 Å². The van der Waals surface area contributed by atoms with E-state index in [2.05, 4.69) is 4.98 Å². The van der Waals surface area contributed by atoms with Crippen molar-refractivity contribution in [1.82, 2.24) is 9.38 Å². The molecule has 1 aromatic carbocycles. The number of aryl methyl sites for hydroxylation is 1. The van der Waals surface area contributed by atoms with Gasteiger partial charge in [-0.1, -0.05) is 6.07 Å². The normalized spacial score (nSPS) is 11.2. The quantitative estimate of drug-likeness (QED) is 0.415. The van der Waals surface area contributed by atoms with Gasteiger partial charge in [0.05, 0.1) is 22.3 Å². The number of nitro benzene ring substituents is 1. The Hall–Kier alpha value is -3.48. The lowest BCUT2D eigenvalue weighted by atomic mass is 10.1. The maximum Gasteiger partial charge on any atom is 0.269 e. The zero-order chi connectivity index (χ0) is 17.3. The first-order valence-electron chi connectivity index (χ1n) is 7.08. The molecule has 7 heteroatoms. The van der Waals surface area contributed by atoms with Gasteiger partial charge in [0.2, 0.25) is 0 Å². The van der Waals surface area contributed by atoms with Gasteiger partial charge in [-0.25, -0.2) is 4.98 Å². The molecule has 0 radical (unpaired) electrons. The molecule has 0 spiro atoms. The van der Waals surface area contributed by atoms with Gasteiger partial charge in [-0.15, -0.1) is 0 Å². The molecule has 0 aliphatic carbocycles. The van der Waals surface area contributed by atoms with Gasteiger partial charge >= 0.3 is 0 Å². The number of aromatic nitrogens is 2. The number of imidazole rings is 1. The minimum Gasteiger partial charge on any atom is -0.545 e. The Kier molecular flexibility index (Phi) is 3.83. The number of carbonyl (C=O) groups excluding carboxylic acids is 1. The zero-order valence-electron chi connectivity index (χ0n) is 12.7. The van der Waals surface area contributed by atoms with Gasteiger partial charge in [0.1, 0.15) is 5.65 Å². The first-order chi connectivity index (χ1) is 11.5. The molecular weight excluding hydrogens is 310 g/mol. The maximum absolute atomic E-state index is 10.8. The lowest BCUT2D eigenvalue weighted by Crippen LogP contribution is -2.18. The molecule has 0 atom stereocenters. The summed E-state index contributed by atoms with van der Waals surface area (Å²) in [5.74, 6) is -1.31. The Bertz CT molecular complexity index is 971. The van der Waals surface area contributed by atoms with E-state index in [0.29, 0.717) is 22.6 Å². The first-order valence-corrected chi connectivity index (χ1v) is 7.08. The van der Waals surface area contributed by atoms with Gasteiger partial charge in [-0.3, -0.25) is 14.5 Å². The molecule has 24 heavy (non-hydrogen) atoms. The van der Waals surface area contributed by atoms with Crippen LogP contribution in [0.2, 0.25) is 0 Å². The summed E-state index contributed by atoms with van der Waals surface area (Å²) in [6.07, 6.45) is 4.18. The van der Waals surface area contributed by atoms with E-state index in [9.17, 15) is 20.0 Å². The Labute approximate surface area is 136 Å². The smallest absolute Gasteiger partial charge is 0.269 e. The number of fused-ring (bicyclic) bond motifs is 1. The van der Waals surface area contributed by atoms with E-state index in [4.69, 9.17) is 0 Å². The molecule has 0 unspecified atom stereocenters. The number of nitrogens with zero attached hydrogens (tertiary/aromatic N) is 3. The summed E-state index contributed by atoms with van der Waals surface area (Å²) in [6, 6.07) is 9.66. The van der Waals surface area contributed by atoms with Crippen LogP contribution in [0.4, 0.5) is 5.69 Å². The highest BCUT2D eigenvalue weighted by Crippen LogP contribution is 2.27. The van der Waals surface area contributed by atoms with Gasteiger partial charge < -0.3 is 9.90 Å². The maximum atomic E-state index is 10.8. The van der Waals surface area contributed by atoms with Crippen molar-refractivity contribution in [1.29, 1.82) is 0 Å². The number of benzene rings is 1. The number of non-ortho nitro benzene ring substituents is 1. The molecule has 0 N–H and O–H groups in total. The van der Waals surface area contributed by atoms with Crippen LogP contribution in [0.5, 0.6) is 0 Å². The number of carbonyl (C=O) groups is 1. The third kappa shape index (κ3) is 2.87. The van der Waals surface area contributed by atoms with Crippen LogP contribution < -0.4 is 5.11 Å². The number of carboxylic acids is 1. The fourth-order valence-corrected chi connectivity index (χ4v) is 2.43. The van der Waals surface area contributed by atoms with Gasteiger partial charge in [-0.05, 0) is 42.8 Å². The molecule has 120 valence electrons. The van der Waals surface area contributed by atoms with Crippen molar-refractivity contribution >= 4 is 23.4 Å². The SMILES string of the molecule is Cc1ccc2nc(-c3ccc([N+](=O)[O-])cc3)c(/C=C/C(=O)[O-])n2c1. The molecule has 0 aliphatic rings. The average molecular weight is 322 g/mol. The summed E-state index contributed by atoms with van der Waals surface area (Å²) >= 11 is 0. The highest BCUT2D eigenvalue weighted by atomic mass is 16.6. The highest BCUT2D eigenvalue weighted by Gasteiger charge is 2.13. The van der Waals surface area contributed by atoms with Gasteiger partial charge in [0.15, 0.2) is 0 Å². The fraction of sp³-hybridized carbons (Fsp3) is 0.0588. The standard InChI is InChI=1S/C17H13N3O4/c1-11-2-8-15-18-17(12-3-5-13(6-4-12)20(23)24)14(19(15)10-11)7-9-16(21)22/h2-10H,1H3,(H,21,22)/p-1/b9-7+. The number of pyridine rings is 1. The summed E-state index contributed by atoms with van der Waals surface area (Å²) in [5.41, 5.74) is 3.36. The first kappa shape index (κ1) is 15.4. The van der Waals surface area contributed by atoms with Crippen molar-refractivity contribution in [2.75, 3.05) is 0 Å². The second kappa shape index (κ2) is 5.96. The van der Waals surface area contributed by atoms with Gasteiger partial charge in [0.25, 0.3) is 5.69 Å². The summed E-state index contributed by atoms with van der Waals surface area (Å²) in [4.78, 5) is 25.6. The topological polar surface area (TPSA) is 101 Å².